The van der Waals surface area contributed by atoms with E-state index in [2.05, 4.69) is 0 Å². The molecule has 0 bridgehead atoms. The van der Waals surface area contributed by atoms with E-state index >= 15 is 0 Å². The minimum Gasteiger partial charge on any atom is -0.481 e. The maximum absolute atomic E-state index is 10.7. The van der Waals surface area contributed by atoms with E-state index in [1.807, 2.05) is 0 Å². The Kier molecular flexibility index (Phi) is 4.52. The van der Waals surface area contributed by atoms with Gasteiger partial charge in [0.2, 0.25) is 0 Å². The van der Waals surface area contributed by atoms with Crippen molar-refractivity contribution in [1.29, 1.82) is 0 Å². The van der Waals surface area contributed by atoms with Gasteiger partial charge in [-0.3, -0.25) is 9.59 Å². The van der Waals surface area contributed by atoms with Gasteiger partial charge in [-0.15, -0.1) is 0 Å². The van der Waals surface area contributed by atoms with Crippen LogP contribution in [0.1, 0.15) is 26.2 Å². The third kappa shape index (κ3) is 4.78. The summed E-state index contributed by atoms with van der Waals surface area (Å²) in [5.41, 5.74) is 9.58. The van der Waals surface area contributed by atoms with E-state index in [1.165, 1.54) is 6.92 Å². The zero-order valence-corrected chi connectivity index (χ0v) is 8.06. The summed E-state index contributed by atoms with van der Waals surface area (Å²) in [5.74, 6) is -2.96. The maximum Gasteiger partial charge on any atom is 0.309 e. The van der Waals surface area contributed by atoms with Gasteiger partial charge in [-0.05, 0) is 19.8 Å². The van der Waals surface area contributed by atoms with Crippen molar-refractivity contribution in [2.24, 2.45) is 17.4 Å². The zero-order valence-electron chi connectivity index (χ0n) is 8.06. The first-order valence-corrected chi connectivity index (χ1v) is 4.27. The fraction of sp³-hybridized carbons (Fsp3) is 0.750. The van der Waals surface area contributed by atoms with Gasteiger partial charge in [0, 0.05) is 6.42 Å². The summed E-state index contributed by atoms with van der Waals surface area (Å²) in [7, 11) is 0. The molecule has 0 saturated heterocycles. The molecule has 0 aromatic rings. The van der Waals surface area contributed by atoms with Crippen LogP contribution < -0.4 is 11.5 Å². The van der Waals surface area contributed by atoms with Crippen LogP contribution in [0.2, 0.25) is 0 Å². The maximum atomic E-state index is 10.7. The Labute approximate surface area is 81.9 Å². The molecule has 0 amide bonds. The van der Waals surface area contributed by atoms with Gasteiger partial charge >= 0.3 is 11.9 Å². The van der Waals surface area contributed by atoms with Crippen LogP contribution in [0.25, 0.3) is 0 Å². The number of nitrogens with two attached hydrogens (primary N) is 2. The summed E-state index contributed by atoms with van der Waals surface area (Å²) in [5, 5.41) is 17.1. The number of hydrogen-bond acceptors (Lipinski definition) is 4. The highest BCUT2D eigenvalue weighted by Crippen LogP contribution is 2.16. The Bertz CT molecular complexity index is 222. The second kappa shape index (κ2) is 4.92. The minimum absolute atomic E-state index is 0.0696. The van der Waals surface area contributed by atoms with Gasteiger partial charge in [0.1, 0.15) is 0 Å². The molecule has 1 atom stereocenters. The van der Waals surface area contributed by atoms with Crippen molar-refractivity contribution in [1.82, 2.24) is 0 Å². The summed E-state index contributed by atoms with van der Waals surface area (Å²) < 4.78 is 0. The Balaban J connectivity index is 4.13. The van der Waals surface area contributed by atoms with Crippen LogP contribution in [-0.2, 0) is 9.59 Å². The lowest BCUT2D eigenvalue weighted by Gasteiger charge is -2.26. The average Bonchev–Trinajstić information content (AvgIpc) is 1.94. The Morgan fingerprint density at radius 1 is 1.36 bits per heavy atom. The number of aliphatic carboxylic acids is 2. The predicted octanol–water partition coefficient (Wildman–Crippen LogP) is -0.424. The largest absolute Gasteiger partial charge is 0.481 e. The van der Waals surface area contributed by atoms with Crippen LogP contribution in [-0.4, -0.2) is 27.8 Å². The quantitative estimate of drug-likeness (QED) is 0.435. The number of carboxylic acid groups (broad SMARTS) is 2. The normalized spacial score (nSPS) is 13.6. The van der Waals surface area contributed by atoms with Gasteiger partial charge in [0.05, 0.1) is 11.6 Å². The molecule has 0 aliphatic rings. The van der Waals surface area contributed by atoms with Crippen LogP contribution >= 0.6 is 0 Å². The summed E-state index contributed by atoms with van der Waals surface area (Å²) in [4.78, 5) is 20.9. The molecule has 6 heteroatoms. The van der Waals surface area contributed by atoms with Gasteiger partial charge in [-0.25, -0.2) is 0 Å². The molecule has 0 aliphatic carbocycles. The molecule has 82 valence electrons. The summed E-state index contributed by atoms with van der Waals surface area (Å²) in [6.45, 7) is 1.41. The van der Waals surface area contributed by atoms with E-state index in [1.54, 1.807) is 0 Å². The van der Waals surface area contributed by atoms with Crippen molar-refractivity contribution in [2.75, 3.05) is 0 Å². The molecule has 0 heterocycles. The third-order valence-electron chi connectivity index (χ3n) is 1.93. The number of carbonyl (C=O) groups is 2. The van der Waals surface area contributed by atoms with E-state index in [-0.39, 0.29) is 19.3 Å². The van der Waals surface area contributed by atoms with Gasteiger partial charge in [-0.2, -0.15) is 0 Å². The molecule has 1 unspecified atom stereocenters. The zero-order chi connectivity index (χ0) is 11.4. The van der Waals surface area contributed by atoms with E-state index in [0.717, 1.165) is 0 Å². The Morgan fingerprint density at radius 3 is 2.14 bits per heavy atom. The molecule has 0 spiro atoms. The lowest BCUT2D eigenvalue weighted by atomic mass is 9.90. The molecule has 0 radical (unpaired) electrons. The van der Waals surface area contributed by atoms with Crippen molar-refractivity contribution in [3.63, 3.8) is 0 Å². The van der Waals surface area contributed by atoms with Crippen LogP contribution in [0.5, 0.6) is 0 Å². The fourth-order valence-electron chi connectivity index (χ4n) is 1.16. The second-order valence-electron chi connectivity index (χ2n) is 3.54. The highest BCUT2D eigenvalue weighted by Gasteiger charge is 2.31. The molecular weight excluding hydrogens is 188 g/mol. The van der Waals surface area contributed by atoms with Gasteiger partial charge < -0.3 is 21.7 Å². The summed E-state index contributed by atoms with van der Waals surface area (Å²) in [6.07, 6.45) is 0.362. The highest BCUT2D eigenvalue weighted by molar-refractivity contribution is 5.71. The number of hydrogen-bond donors (Lipinski definition) is 4. The lowest BCUT2D eigenvalue weighted by Crippen LogP contribution is -2.55. The van der Waals surface area contributed by atoms with Crippen LogP contribution in [0, 0.1) is 5.92 Å². The Morgan fingerprint density at radius 2 is 1.86 bits per heavy atom. The molecule has 0 saturated carbocycles. The summed E-state index contributed by atoms with van der Waals surface area (Å²) in [6, 6.07) is 0. The van der Waals surface area contributed by atoms with Gasteiger partial charge in [0.25, 0.3) is 0 Å². The third-order valence-corrected chi connectivity index (χ3v) is 1.93. The molecule has 0 aliphatic heterocycles. The van der Waals surface area contributed by atoms with Crippen LogP contribution in [0.4, 0.5) is 0 Å². The van der Waals surface area contributed by atoms with E-state index in [9.17, 15) is 9.59 Å². The lowest BCUT2D eigenvalue weighted by molar-refractivity contribution is -0.145. The molecule has 0 fully saturated rings. The average molecular weight is 204 g/mol. The Hall–Kier alpha value is -1.14. The molecular formula is C8H16N2O4. The first-order valence-electron chi connectivity index (χ1n) is 4.27. The fourth-order valence-corrected chi connectivity index (χ4v) is 1.16. The van der Waals surface area contributed by atoms with Crippen molar-refractivity contribution in [3.8, 4) is 0 Å². The predicted molar refractivity (Wildman–Crippen MR) is 49.4 cm³/mol. The molecule has 14 heavy (non-hydrogen) atoms. The highest BCUT2D eigenvalue weighted by atomic mass is 16.4. The molecule has 6 N–H and O–H groups in total. The van der Waals surface area contributed by atoms with Crippen molar-refractivity contribution >= 4 is 11.9 Å². The first kappa shape index (κ1) is 12.9. The molecule has 0 rings (SSSR count). The minimum atomic E-state index is -1.32. The standard InChI is InChI=1S/C8H16N2O4/c1-8(9,10)5(7(13)14)3-2-4-6(11)12/h5H,2-4,9-10H2,1H3,(H,11,12)(H,13,14). The molecule has 0 aromatic carbocycles. The topological polar surface area (TPSA) is 127 Å². The monoisotopic (exact) mass is 204 g/mol. The molecule has 0 aromatic heterocycles. The van der Waals surface area contributed by atoms with Crippen molar-refractivity contribution < 1.29 is 19.8 Å². The first-order chi connectivity index (χ1) is 6.25. The van der Waals surface area contributed by atoms with Crippen LogP contribution in [0.3, 0.4) is 0 Å². The number of carboxylic acids is 2. The van der Waals surface area contributed by atoms with Crippen LogP contribution in [0.15, 0.2) is 0 Å². The van der Waals surface area contributed by atoms with E-state index < -0.39 is 23.5 Å². The van der Waals surface area contributed by atoms with E-state index in [4.69, 9.17) is 21.7 Å². The van der Waals surface area contributed by atoms with E-state index in [0.29, 0.717) is 0 Å². The van der Waals surface area contributed by atoms with Gasteiger partial charge in [0.15, 0.2) is 0 Å². The van der Waals surface area contributed by atoms with Crippen molar-refractivity contribution in [2.45, 2.75) is 31.8 Å². The second-order valence-corrected chi connectivity index (χ2v) is 3.54. The summed E-state index contributed by atoms with van der Waals surface area (Å²) >= 11 is 0. The van der Waals surface area contributed by atoms with Gasteiger partial charge in [-0.1, -0.05) is 0 Å². The number of rotatable bonds is 6. The smallest absolute Gasteiger partial charge is 0.309 e. The molecule has 6 nitrogen and oxygen atoms in total. The SMILES string of the molecule is CC(N)(N)C(CCCC(=O)O)C(=O)O. The van der Waals surface area contributed by atoms with Crippen molar-refractivity contribution in [3.05, 3.63) is 0 Å².